The molecule has 1 aromatic heterocycles. The number of anilines is 1. The number of rotatable bonds is 3. The summed E-state index contributed by atoms with van der Waals surface area (Å²) >= 11 is 0. The van der Waals surface area contributed by atoms with Crippen LogP contribution in [-0.4, -0.2) is 47.1 Å². The van der Waals surface area contributed by atoms with Gasteiger partial charge in [-0.1, -0.05) is 0 Å². The average molecular weight is 251 g/mol. The molecule has 6 nitrogen and oxygen atoms in total. The molecule has 1 aliphatic rings. The van der Waals surface area contributed by atoms with Gasteiger partial charge in [-0.05, 0) is 31.9 Å². The molecule has 0 aromatic carbocycles. The topological polar surface area (TPSA) is 75.5 Å². The van der Waals surface area contributed by atoms with Gasteiger partial charge in [0.05, 0.1) is 5.60 Å². The molecular weight excluding hydrogens is 234 g/mol. The second kappa shape index (κ2) is 4.89. The Morgan fingerprint density at radius 3 is 2.83 bits per heavy atom. The lowest BCUT2D eigenvalue weighted by Crippen LogP contribution is -2.47. The molecule has 0 bridgehead atoms. The zero-order chi connectivity index (χ0) is 13.2. The predicted octanol–water partition coefficient (Wildman–Crippen LogP) is 1.18. The van der Waals surface area contributed by atoms with Gasteiger partial charge in [-0.25, -0.2) is 4.79 Å². The molecule has 0 radical (unpaired) electrons. The number of hydrogen-bond acceptors (Lipinski definition) is 5. The van der Waals surface area contributed by atoms with Crippen molar-refractivity contribution in [3.8, 4) is 0 Å². The van der Waals surface area contributed by atoms with E-state index in [-0.39, 0.29) is 11.3 Å². The average Bonchev–Trinajstić information content (AvgIpc) is 2.39. The first-order valence-electron chi connectivity index (χ1n) is 5.91. The van der Waals surface area contributed by atoms with E-state index in [1.807, 2.05) is 0 Å². The van der Waals surface area contributed by atoms with Gasteiger partial charge in [-0.15, -0.1) is 10.2 Å². The van der Waals surface area contributed by atoms with Crippen molar-refractivity contribution < 1.29 is 14.6 Å². The van der Waals surface area contributed by atoms with Crippen molar-refractivity contribution in [1.29, 1.82) is 0 Å². The lowest BCUT2D eigenvalue weighted by atomic mass is 9.95. The van der Waals surface area contributed by atoms with E-state index in [1.165, 1.54) is 6.07 Å². The summed E-state index contributed by atoms with van der Waals surface area (Å²) in [5.74, 6) is -0.364. The number of hydrogen-bond donors (Lipinski definition) is 1. The number of piperidine rings is 1. The highest BCUT2D eigenvalue weighted by Crippen LogP contribution is 2.26. The van der Waals surface area contributed by atoms with Crippen molar-refractivity contribution >= 4 is 11.8 Å². The first-order valence-corrected chi connectivity index (χ1v) is 5.91. The Labute approximate surface area is 106 Å². The lowest BCUT2D eigenvalue weighted by molar-refractivity contribution is -0.00485. The summed E-state index contributed by atoms with van der Waals surface area (Å²) in [6.07, 6.45) is 2.04. The van der Waals surface area contributed by atoms with Crippen LogP contribution in [0.5, 0.6) is 0 Å². The zero-order valence-corrected chi connectivity index (χ0v) is 10.6. The quantitative estimate of drug-likeness (QED) is 0.869. The van der Waals surface area contributed by atoms with Crippen molar-refractivity contribution in [3.05, 3.63) is 17.8 Å². The lowest BCUT2D eigenvalue weighted by Gasteiger charge is -2.39. The minimum Gasteiger partial charge on any atom is -0.476 e. The van der Waals surface area contributed by atoms with Gasteiger partial charge in [0.1, 0.15) is 0 Å². The number of methoxy groups -OCH3 is 1. The fraction of sp³-hybridized carbons (Fsp3) is 0.583. The van der Waals surface area contributed by atoms with Crippen LogP contribution in [0.4, 0.5) is 5.82 Å². The van der Waals surface area contributed by atoms with Crippen LogP contribution in [-0.2, 0) is 4.74 Å². The van der Waals surface area contributed by atoms with Crippen molar-refractivity contribution in [3.63, 3.8) is 0 Å². The highest BCUT2D eigenvalue weighted by molar-refractivity contribution is 5.85. The number of carboxylic acids is 1. The molecule has 18 heavy (non-hydrogen) atoms. The second-order valence-electron chi connectivity index (χ2n) is 4.76. The van der Waals surface area contributed by atoms with E-state index >= 15 is 0 Å². The van der Waals surface area contributed by atoms with Crippen molar-refractivity contribution in [2.45, 2.75) is 25.4 Å². The normalized spacial score (nSPS) is 24.0. The largest absolute Gasteiger partial charge is 0.476 e. The maximum absolute atomic E-state index is 10.7. The molecule has 1 atom stereocenters. The molecule has 1 saturated heterocycles. The van der Waals surface area contributed by atoms with Gasteiger partial charge in [-0.3, -0.25) is 0 Å². The Kier molecular flexibility index (Phi) is 3.47. The molecule has 0 saturated carbocycles. The van der Waals surface area contributed by atoms with E-state index in [4.69, 9.17) is 9.84 Å². The van der Waals surface area contributed by atoms with Gasteiger partial charge < -0.3 is 14.7 Å². The zero-order valence-electron chi connectivity index (χ0n) is 10.6. The molecule has 1 unspecified atom stereocenters. The highest BCUT2D eigenvalue weighted by Gasteiger charge is 2.31. The molecule has 1 N–H and O–H groups in total. The fourth-order valence-corrected chi connectivity index (χ4v) is 2.18. The van der Waals surface area contributed by atoms with Crippen LogP contribution in [0.25, 0.3) is 0 Å². The minimum absolute atomic E-state index is 0.0368. The summed E-state index contributed by atoms with van der Waals surface area (Å²) in [5, 5.41) is 16.4. The first kappa shape index (κ1) is 12.8. The van der Waals surface area contributed by atoms with Gasteiger partial charge in [0, 0.05) is 20.2 Å². The van der Waals surface area contributed by atoms with E-state index in [1.54, 1.807) is 13.2 Å². The summed E-state index contributed by atoms with van der Waals surface area (Å²) in [6.45, 7) is 3.70. The maximum Gasteiger partial charge on any atom is 0.356 e. The third-order valence-electron chi connectivity index (χ3n) is 3.35. The first-order chi connectivity index (χ1) is 8.54. The molecule has 1 fully saturated rings. The van der Waals surface area contributed by atoms with Gasteiger partial charge in [0.15, 0.2) is 11.5 Å². The highest BCUT2D eigenvalue weighted by atomic mass is 16.5. The van der Waals surface area contributed by atoms with Gasteiger partial charge in [0.25, 0.3) is 0 Å². The number of carbonyl (C=O) groups is 1. The third-order valence-corrected chi connectivity index (χ3v) is 3.35. The Hall–Kier alpha value is -1.69. The molecule has 1 aliphatic heterocycles. The summed E-state index contributed by atoms with van der Waals surface area (Å²) < 4.78 is 5.51. The number of aromatic nitrogens is 2. The standard InChI is InChI=1S/C12H17N3O3/c1-12(18-2)6-3-7-15(8-12)10-5-4-9(11(16)17)13-14-10/h4-5H,3,6-8H2,1-2H3,(H,16,17). The molecule has 98 valence electrons. The van der Waals surface area contributed by atoms with E-state index < -0.39 is 5.97 Å². The van der Waals surface area contributed by atoms with Crippen LogP contribution < -0.4 is 4.90 Å². The van der Waals surface area contributed by atoms with E-state index in [2.05, 4.69) is 22.0 Å². The number of ether oxygens (including phenoxy) is 1. The van der Waals surface area contributed by atoms with Crippen molar-refractivity contribution in [2.75, 3.05) is 25.1 Å². The van der Waals surface area contributed by atoms with Gasteiger partial charge >= 0.3 is 5.97 Å². The number of carboxylic acid groups (broad SMARTS) is 1. The smallest absolute Gasteiger partial charge is 0.356 e. The molecule has 0 spiro atoms. The summed E-state index contributed by atoms with van der Waals surface area (Å²) in [7, 11) is 1.71. The minimum atomic E-state index is -1.06. The van der Waals surface area contributed by atoms with Crippen molar-refractivity contribution in [1.82, 2.24) is 10.2 Å². The van der Waals surface area contributed by atoms with Crippen LogP contribution in [0.3, 0.4) is 0 Å². The Morgan fingerprint density at radius 1 is 1.50 bits per heavy atom. The third kappa shape index (κ3) is 2.59. The molecule has 2 rings (SSSR count). The van der Waals surface area contributed by atoms with Crippen LogP contribution in [0.15, 0.2) is 12.1 Å². The fourth-order valence-electron chi connectivity index (χ4n) is 2.18. The van der Waals surface area contributed by atoms with Crippen LogP contribution in [0.2, 0.25) is 0 Å². The molecular formula is C12H17N3O3. The summed E-state index contributed by atoms with van der Waals surface area (Å²) in [4.78, 5) is 12.8. The van der Waals surface area contributed by atoms with E-state index in [0.29, 0.717) is 5.82 Å². The number of nitrogens with zero attached hydrogens (tertiary/aromatic N) is 3. The van der Waals surface area contributed by atoms with Crippen molar-refractivity contribution in [2.24, 2.45) is 0 Å². The van der Waals surface area contributed by atoms with Gasteiger partial charge in [-0.2, -0.15) is 0 Å². The van der Waals surface area contributed by atoms with E-state index in [0.717, 1.165) is 25.9 Å². The molecule has 2 heterocycles. The molecule has 0 amide bonds. The molecule has 6 heteroatoms. The Morgan fingerprint density at radius 2 is 2.28 bits per heavy atom. The SMILES string of the molecule is COC1(C)CCCN(c2ccc(C(=O)O)nn2)C1. The summed E-state index contributed by atoms with van der Waals surface area (Å²) in [6, 6.07) is 3.17. The second-order valence-corrected chi connectivity index (χ2v) is 4.76. The predicted molar refractivity (Wildman–Crippen MR) is 65.9 cm³/mol. The number of aromatic carboxylic acids is 1. The maximum atomic E-state index is 10.7. The van der Waals surface area contributed by atoms with E-state index in [9.17, 15) is 4.79 Å². The molecule has 1 aromatic rings. The van der Waals surface area contributed by atoms with Crippen LogP contribution in [0, 0.1) is 0 Å². The summed E-state index contributed by atoms with van der Waals surface area (Å²) in [5.41, 5.74) is -0.212. The molecule has 0 aliphatic carbocycles. The van der Waals surface area contributed by atoms with Crippen LogP contribution >= 0.6 is 0 Å². The van der Waals surface area contributed by atoms with Crippen LogP contribution in [0.1, 0.15) is 30.3 Å². The van der Waals surface area contributed by atoms with Gasteiger partial charge in [0.2, 0.25) is 0 Å². The Bertz CT molecular complexity index is 435. The monoisotopic (exact) mass is 251 g/mol. The Balaban J connectivity index is 2.14.